The van der Waals surface area contributed by atoms with E-state index in [0.29, 0.717) is 54.5 Å². The fourth-order valence-electron chi connectivity index (χ4n) is 3.23. The third-order valence-electron chi connectivity index (χ3n) is 5.11. The Labute approximate surface area is 160 Å². The molecule has 5 rings (SSSR count). The first-order valence-electron chi connectivity index (χ1n) is 9.38. The van der Waals surface area contributed by atoms with E-state index in [1.165, 1.54) is 0 Å². The molecule has 10 nitrogen and oxygen atoms in total. The first kappa shape index (κ1) is 17.1. The van der Waals surface area contributed by atoms with E-state index in [0.717, 1.165) is 12.8 Å². The van der Waals surface area contributed by atoms with Crippen LogP contribution in [0.3, 0.4) is 0 Å². The maximum Gasteiger partial charge on any atom is 0.254 e. The molecule has 146 valence electrons. The Morgan fingerprint density at radius 3 is 2.82 bits per heavy atom. The summed E-state index contributed by atoms with van der Waals surface area (Å²) in [6.07, 6.45) is 5.57. The van der Waals surface area contributed by atoms with Crippen molar-refractivity contribution in [1.29, 1.82) is 0 Å². The van der Waals surface area contributed by atoms with Gasteiger partial charge in [0, 0.05) is 29.1 Å². The van der Waals surface area contributed by atoms with Crippen LogP contribution >= 0.6 is 0 Å². The average molecular weight is 383 g/mol. The lowest BCUT2D eigenvalue weighted by molar-refractivity contribution is -0.124. The topological polar surface area (TPSA) is 123 Å². The standard InChI is InChI=1S/C18H21N7O3/c1-18(8-28-9-18)7-19-16-23-14-11(4-10-5-13(26)22-15(10)27)6-20-25(14)17(24-16)21-12-2-3-12/h4,6,12H,2-3,5,7-9H2,1H3,(H,22,26,27)(H2,19,21,23,24)/b10-4+. The molecule has 10 heteroatoms. The Balaban J connectivity index is 1.50. The van der Waals surface area contributed by atoms with Crippen molar-refractivity contribution in [1.82, 2.24) is 24.9 Å². The van der Waals surface area contributed by atoms with Crippen LogP contribution in [0.5, 0.6) is 0 Å². The van der Waals surface area contributed by atoms with Gasteiger partial charge in [-0.15, -0.1) is 0 Å². The van der Waals surface area contributed by atoms with Crippen LogP contribution < -0.4 is 16.0 Å². The second-order valence-corrected chi connectivity index (χ2v) is 8.01. The highest BCUT2D eigenvalue weighted by molar-refractivity contribution is 6.15. The number of fused-ring (bicyclic) bond motifs is 1. The van der Waals surface area contributed by atoms with Crippen molar-refractivity contribution in [3.8, 4) is 0 Å². The molecule has 3 fully saturated rings. The summed E-state index contributed by atoms with van der Waals surface area (Å²) in [5, 5.41) is 13.4. The van der Waals surface area contributed by atoms with E-state index in [1.54, 1.807) is 16.8 Å². The van der Waals surface area contributed by atoms with E-state index in [-0.39, 0.29) is 23.7 Å². The summed E-state index contributed by atoms with van der Waals surface area (Å²) in [6.45, 7) is 4.27. The van der Waals surface area contributed by atoms with Crippen molar-refractivity contribution in [2.24, 2.45) is 5.41 Å². The molecule has 0 unspecified atom stereocenters. The van der Waals surface area contributed by atoms with Crippen LogP contribution in [0.4, 0.5) is 11.9 Å². The zero-order valence-electron chi connectivity index (χ0n) is 15.5. The molecule has 0 bridgehead atoms. The van der Waals surface area contributed by atoms with Gasteiger partial charge in [0.25, 0.3) is 5.91 Å². The highest BCUT2D eigenvalue weighted by Crippen LogP contribution is 2.28. The molecule has 0 aromatic carbocycles. The molecule has 1 saturated carbocycles. The fraction of sp³-hybridized carbons (Fsp3) is 0.500. The van der Waals surface area contributed by atoms with Gasteiger partial charge in [-0.2, -0.15) is 19.6 Å². The molecule has 3 N–H and O–H groups in total. The highest BCUT2D eigenvalue weighted by atomic mass is 16.5. The molecule has 0 spiro atoms. The van der Waals surface area contributed by atoms with Gasteiger partial charge in [0.2, 0.25) is 17.8 Å². The van der Waals surface area contributed by atoms with Gasteiger partial charge < -0.3 is 15.4 Å². The van der Waals surface area contributed by atoms with Crippen molar-refractivity contribution >= 4 is 35.4 Å². The van der Waals surface area contributed by atoms with Crippen LogP contribution in [0.25, 0.3) is 11.7 Å². The van der Waals surface area contributed by atoms with Crippen molar-refractivity contribution in [3.63, 3.8) is 0 Å². The third kappa shape index (κ3) is 3.19. The van der Waals surface area contributed by atoms with Gasteiger partial charge in [-0.1, -0.05) is 6.92 Å². The van der Waals surface area contributed by atoms with E-state index in [4.69, 9.17) is 4.74 Å². The molecular formula is C18H21N7O3. The molecule has 4 heterocycles. The number of carbonyl (C=O) groups is 2. The number of nitrogens with one attached hydrogen (secondary N) is 3. The summed E-state index contributed by atoms with van der Waals surface area (Å²) in [5.41, 5.74) is 1.73. The second kappa shape index (κ2) is 6.26. The van der Waals surface area contributed by atoms with Crippen molar-refractivity contribution in [2.75, 3.05) is 30.4 Å². The number of anilines is 2. The monoisotopic (exact) mass is 383 g/mol. The van der Waals surface area contributed by atoms with Gasteiger partial charge >= 0.3 is 0 Å². The molecule has 0 atom stereocenters. The van der Waals surface area contributed by atoms with E-state index >= 15 is 0 Å². The molecule has 2 aromatic rings. The highest BCUT2D eigenvalue weighted by Gasteiger charge is 2.33. The minimum atomic E-state index is -0.369. The number of hydrogen-bond donors (Lipinski definition) is 3. The van der Waals surface area contributed by atoms with Crippen LogP contribution in [-0.4, -0.2) is 57.2 Å². The van der Waals surface area contributed by atoms with Gasteiger partial charge in [0.05, 0.1) is 25.8 Å². The number of hydrogen-bond acceptors (Lipinski definition) is 8. The molecule has 3 aliphatic rings. The number of amides is 2. The van der Waals surface area contributed by atoms with Crippen molar-refractivity contribution in [2.45, 2.75) is 32.2 Å². The van der Waals surface area contributed by atoms with Crippen LogP contribution in [0, 0.1) is 5.41 Å². The largest absolute Gasteiger partial charge is 0.380 e. The molecule has 28 heavy (non-hydrogen) atoms. The minimum Gasteiger partial charge on any atom is -0.380 e. The number of ether oxygens (including phenoxy) is 1. The average Bonchev–Trinajstić information content (AvgIpc) is 3.27. The number of aromatic nitrogens is 4. The first-order valence-corrected chi connectivity index (χ1v) is 9.38. The number of imide groups is 1. The summed E-state index contributed by atoms with van der Waals surface area (Å²) in [6, 6.07) is 0.396. The van der Waals surface area contributed by atoms with E-state index in [9.17, 15) is 9.59 Å². The van der Waals surface area contributed by atoms with E-state index < -0.39 is 0 Å². The second-order valence-electron chi connectivity index (χ2n) is 8.01. The lowest BCUT2D eigenvalue weighted by Crippen LogP contribution is -2.45. The summed E-state index contributed by atoms with van der Waals surface area (Å²) in [4.78, 5) is 32.5. The predicted octanol–water partition coefficient (Wildman–Crippen LogP) is 0.577. The van der Waals surface area contributed by atoms with Gasteiger partial charge in [0.1, 0.15) is 0 Å². The molecule has 2 amide bonds. The van der Waals surface area contributed by atoms with Crippen molar-refractivity contribution in [3.05, 3.63) is 17.3 Å². The molecule has 1 aliphatic carbocycles. The van der Waals surface area contributed by atoms with Gasteiger partial charge in [-0.05, 0) is 18.9 Å². The summed E-state index contributed by atoms with van der Waals surface area (Å²) in [5.74, 6) is 0.445. The summed E-state index contributed by atoms with van der Waals surface area (Å²) >= 11 is 0. The first-order chi connectivity index (χ1) is 13.5. The Hall–Kier alpha value is -3.01. The maximum atomic E-state index is 11.9. The minimum absolute atomic E-state index is 0.0674. The Bertz CT molecular complexity index is 1000. The van der Waals surface area contributed by atoms with Crippen LogP contribution in [-0.2, 0) is 14.3 Å². The van der Waals surface area contributed by atoms with Gasteiger partial charge in [-0.25, -0.2) is 0 Å². The molecular weight excluding hydrogens is 362 g/mol. The zero-order chi connectivity index (χ0) is 19.3. The van der Waals surface area contributed by atoms with Gasteiger partial charge in [-0.3, -0.25) is 14.9 Å². The SMILES string of the molecule is CC1(CNc2nc(NC3CC3)n3ncc(/C=C4\CC(=O)NC4=O)c3n2)COC1. The Morgan fingerprint density at radius 1 is 1.36 bits per heavy atom. The van der Waals surface area contributed by atoms with Crippen molar-refractivity contribution < 1.29 is 14.3 Å². The third-order valence-corrected chi connectivity index (χ3v) is 5.11. The Morgan fingerprint density at radius 2 is 2.18 bits per heavy atom. The number of carbonyl (C=O) groups excluding carboxylic acids is 2. The van der Waals surface area contributed by atoms with Crippen LogP contribution in [0.1, 0.15) is 31.7 Å². The van der Waals surface area contributed by atoms with Crippen LogP contribution in [0.2, 0.25) is 0 Å². The summed E-state index contributed by atoms with van der Waals surface area (Å²) in [7, 11) is 0. The van der Waals surface area contributed by atoms with Crippen LogP contribution in [0.15, 0.2) is 11.8 Å². The zero-order valence-corrected chi connectivity index (χ0v) is 15.5. The molecule has 2 saturated heterocycles. The number of nitrogens with zero attached hydrogens (tertiary/aromatic N) is 4. The quantitative estimate of drug-likeness (QED) is 0.489. The predicted molar refractivity (Wildman–Crippen MR) is 101 cm³/mol. The maximum absolute atomic E-state index is 11.9. The molecule has 2 aliphatic heterocycles. The lowest BCUT2D eigenvalue weighted by Gasteiger charge is -2.38. The van der Waals surface area contributed by atoms with E-state index in [1.807, 2.05) is 0 Å². The summed E-state index contributed by atoms with van der Waals surface area (Å²) < 4.78 is 6.94. The molecule has 2 aromatic heterocycles. The fourth-order valence-corrected chi connectivity index (χ4v) is 3.23. The lowest BCUT2D eigenvalue weighted by atomic mass is 9.89. The van der Waals surface area contributed by atoms with Gasteiger partial charge in [0.15, 0.2) is 5.65 Å². The number of rotatable bonds is 6. The van der Waals surface area contributed by atoms with E-state index in [2.05, 4.69) is 37.9 Å². The Kier molecular flexibility index (Phi) is 3.83. The smallest absolute Gasteiger partial charge is 0.254 e. The normalized spacial score (nSPS) is 22.4. The molecule has 0 radical (unpaired) electrons.